The Labute approximate surface area is 108 Å². The first-order chi connectivity index (χ1) is 8.51. The zero-order chi connectivity index (χ0) is 13.7. The van der Waals surface area contributed by atoms with E-state index in [1.807, 2.05) is 6.92 Å². The number of hydrogen-bond donors (Lipinski definition) is 1. The molecule has 1 aromatic carbocycles. The summed E-state index contributed by atoms with van der Waals surface area (Å²) in [6.45, 7) is 1.83. The fourth-order valence-corrected chi connectivity index (χ4v) is 1.74. The molecule has 0 aromatic heterocycles. The number of carbonyl (C=O) groups is 1. The number of benzene rings is 1. The smallest absolute Gasteiger partial charge is 0.254 e. The number of amides is 1. The Morgan fingerprint density at radius 3 is 2.56 bits per heavy atom. The van der Waals surface area contributed by atoms with E-state index >= 15 is 0 Å². The lowest BCUT2D eigenvalue weighted by Gasteiger charge is -2.15. The number of halogens is 4. The van der Waals surface area contributed by atoms with Crippen molar-refractivity contribution in [2.45, 2.75) is 25.8 Å². The summed E-state index contributed by atoms with van der Waals surface area (Å²) in [4.78, 5) is 11.7. The van der Waals surface area contributed by atoms with Gasteiger partial charge in [-0.05, 0) is 25.0 Å². The van der Waals surface area contributed by atoms with Crippen molar-refractivity contribution in [3.8, 4) is 0 Å². The summed E-state index contributed by atoms with van der Waals surface area (Å²) >= 11 is 5.55. The SMILES string of the molecule is CCC(CCCl)NC(=O)c1ccc(F)c(F)c1F. The Morgan fingerprint density at radius 1 is 1.33 bits per heavy atom. The molecule has 2 nitrogen and oxygen atoms in total. The molecule has 1 unspecified atom stereocenters. The summed E-state index contributed by atoms with van der Waals surface area (Å²) in [6.07, 6.45) is 1.14. The summed E-state index contributed by atoms with van der Waals surface area (Å²) in [5, 5.41) is 2.52. The van der Waals surface area contributed by atoms with Crippen LogP contribution in [-0.2, 0) is 0 Å². The molecule has 1 atom stereocenters. The Hall–Kier alpha value is -1.23. The van der Waals surface area contributed by atoms with Crippen LogP contribution in [0.1, 0.15) is 30.1 Å². The van der Waals surface area contributed by atoms with E-state index in [-0.39, 0.29) is 6.04 Å². The monoisotopic (exact) mass is 279 g/mol. The van der Waals surface area contributed by atoms with Gasteiger partial charge in [-0.1, -0.05) is 6.92 Å². The van der Waals surface area contributed by atoms with Crippen molar-refractivity contribution < 1.29 is 18.0 Å². The highest BCUT2D eigenvalue weighted by Gasteiger charge is 2.20. The summed E-state index contributed by atoms with van der Waals surface area (Å²) in [6, 6.07) is 1.41. The minimum absolute atomic E-state index is 0.220. The van der Waals surface area contributed by atoms with Gasteiger partial charge < -0.3 is 5.32 Å². The molecule has 0 saturated carbocycles. The first-order valence-electron chi connectivity index (χ1n) is 5.51. The molecule has 18 heavy (non-hydrogen) atoms. The van der Waals surface area contributed by atoms with Gasteiger partial charge in [-0.15, -0.1) is 11.6 Å². The van der Waals surface area contributed by atoms with E-state index in [4.69, 9.17) is 11.6 Å². The van der Waals surface area contributed by atoms with E-state index in [9.17, 15) is 18.0 Å². The Balaban J connectivity index is 2.87. The second kappa shape index (κ2) is 6.64. The van der Waals surface area contributed by atoms with E-state index in [1.54, 1.807) is 0 Å². The lowest BCUT2D eigenvalue weighted by Crippen LogP contribution is -2.35. The van der Waals surface area contributed by atoms with Gasteiger partial charge in [0.15, 0.2) is 17.5 Å². The number of carbonyl (C=O) groups excluding carboxylic acids is 1. The van der Waals surface area contributed by atoms with Gasteiger partial charge in [-0.3, -0.25) is 4.79 Å². The largest absolute Gasteiger partial charge is 0.349 e. The highest BCUT2D eigenvalue weighted by Crippen LogP contribution is 2.15. The van der Waals surface area contributed by atoms with Gasteiger partial charge in [0.05, 0.1) is 5.56 Å². The van der Waals surface area contributed by atoms with Crippen molar-refractivity contribution in [3.05, 3.63) is 35.1 Å². The molecule has 0 bridgehead atoms. The van der Waals surface area contributed by atoms with E-state index < -0.39 is 28.9 Å². The van der Waals surface area contributed by atoms with Gasteiger partial charge in [0.25, 0.3) is 5.91 Å². The number of alkyl halides is 1. The summed E-state index contributed by atoms with van der Waals surface area (Å²) in [7, 11) is 0. The van der Waals surface area contributed by atoms with Gasteiger partial charge in [0.1, 0.15) is 0 Å². The van der Waals surface area contributed by atoms with Crippen LogP contribution in [0.25, 0.3) is 0 Å². The van der Waals surface area contributed by atoms with Gasteiger partial charge >= 0.3 is 0 Å². The molecule has 0 aliphatic heterocycles. The summed E-state index contributed by atoms with van der Waals surface area (Å²) < 4.78 is 39.0. The number of rotatable bonds is 5. The van der Waals surface area contributed by atoms with Crippen molar-refractivity contribution in [2.75, 3.05) is 5.88 Å². The highest BCUT2D eigenvalue weighted by atomic mass is 35.5. The fourth-order valence-electron chi connectivity index (χ4n) is 1.47. The van der Waals surface area contributed by atoms with E-state index in [0.29, 0.717) is 18.7 Å². The van der Waals surface area contributed by atoms with Crippen LogP contribution >= 0.6 is 11.6 Å². The Morgan fingerprint density at radius 2 is 2.00 bits per heavy atom. The van der Waals surface area contributed by atoms with Crippen LogP contribution in [0.2, 0.25) is 0 Å². The second-order valence-corrected chi connectivity index (χ2v) is 4.16. The van der Waals surface area contributed by atoms with Crippen molar-refractivity contribution in [2.24, 2.45) is 0 Å². The van der Waals surface area contributed by atoms with Crippen LogP contribution in [0.4, 0.5) is 13.2 Å². The second-order valence-electron chi connectivity index (χ2n) is 3.78. The maximum absolute atomic E-state index is 13.4. The Kier molecular flexibility index (Phi) is 5.47. The maximum atomic E-state index is 13.4. The van der Waals surface area contributed by atoms with Crippen LogP contribution < -0.4 is 5.32 Å². The maximum Gasteiger partial charge on any atom is 0.254 e. The van der Waals surface area contributed by atoms with Crippen molar-refractivity contribution in [1.82, 2.24) is 5.32 Å². The molecule has 0 aliphatic carbocycles. The third-order valence-corrected chi connectivity index (χ3v) is 2.78. The predicted molar refractivity (Wildman–Crippen MR) is 63.2 cm³/mol. The first kappa shape index (κ1) is 14.8. The third kappa shape index (κ3) is 3.38. The highest BCUT2D eigenvalue weighted by molar-refractivity contribution is 6.17. The number of hydrogen-bond acceptors (Lipinski definition) is 1. The molecule has 1 rings (SSSR count). The minimum atomic E-state index is -1.65. The third-order valence-electron chi connectivity index (χ3n) is 2.57. The van der Waals surface area contributed by atoms with Crippen LogP contribution in [0.3, 0.4) is 0 Å². The molecule has 0 saturated heterocycles. The normalized spacial score (nSPS) is 12.3. The van der Waals surface area contributed by atoms with Crippen molar-refractivity contribution >= 4 is 17.5 Å². The van der Waals surface area contributed by atoms with Crippen LogP contribution in [0, 0.1) is 17.5 Å². The molecule has 100 valence electrons. The Bertz CT molecular complexity index is 440. The molecule has 1 N–H and O–H groups in total. The summed E-state index contributed by atoms with van der Waals surface area (Å²) in [5.41, 5.74) is -0.512. The molecular formula is C12H13ClF3NO. The lowest BCUT2D eigenvalue weighted by atomic mass is 10.1. The molecule has 0 heterocycles. The summed E-state index contributed by atoms with van der Waals surface area (Å²) in [5.74, 6) is -4.87. The average Bonchev–Trinajstić information content (AvgIpc) is 2.35. The lowest BCUT2D eigenvalue weighted by molar-refractivity contribution is 0.0929. The topological polar surface area (TPSA) is 29.1 Å². The van der Waals surface area contributed by atoms with E-state index in [1.165, 1.54) is 0 Å². The van der Waals surface area contributed by atoms with Gasteiger partial charge in [-0.25, -0.2) is 13.2 Å². The van der Waals surface area contributed by atoms with Crippen LogP contribution in [0.15, 0.2) is 12.1 Å². The molecule has 0 spiro atoms. The molecule has 0 aliphatic rings. The molecule has 0 fully saturated rings. The standard InChI is InChI=1S/C12H13ClF3NO/c1-2-7(5-6-13)17-12(18)8-3-4-9(14)11(16)10(8)15/h3-4,7H,2,5-6H2,1H3,(H,17,18). The minimum Gasteiger partial charge on any atom is -0.349 e. The quantitative estimate of drug-likeness (QED) is 0.651. The van der Waals surface area contributed by atoms with Crippen LogP contribution in [0.5, 0.6) is 0 Å². The molecule has 6 heteroatoms. The molecule has 0 radical (unpaired) electrons. The van der Waals surface area contributed by atoms with E-state index in [0.717, 1.165) is 12.1 Å². The molecule has 1 aromatic rings. The van der Waals surface area contributed by atoms with Gasteiger partial charge in [0, 0.05) is 11.9 Å². The average molecular weight is 280 g/mol. The first-order valence-corrected chi connectivity index (χ1v) is 6.05. The van der Waals surface area contributed by atoms with Gasteiger partial charge in [0.2, 0.25) is 0 Å². The zero-order valence-corrected chi connectivity index (χ0v) is 10.5. The molecular weight excluding hydrogens is 267 g/mol. The van der Waals surface area contributed by atoms with E-state index in [2.05, 4.69) is 5.32 Å². The van der Waals surface area contributed by atoms with Crippen LogP contribution in [-0.4, -0.2) is 17.8 Å². The zero-order valence-electron chi connectivity index (χ0n) is 9.77. The predicted octanol–water partition coefficient (Wildman–Crippen LogP) is 3.24. The van der Waals surface area contributed by atoms with Crippen molar-refractivity contribution in [3.63, 3.8) is 0 Å². The fraction of sp³-hybridized carbons (Fsp3) is 0.417. The van der Waals surface area contributed by atoms with Crippen molar-refractivity contribution in [1.29, 1.82) is 0 Å². The number of nitrogens with one attached hydrogen (secondary N) is 1. The molecule has 1 amide bonds. The van der Waals surface area contributed by atoms with Gasteiger partial charge in [-0.2, -0.15) is 0 Å².